The van der Waals surface area contributed by atoms with Gasteiger partial charge in [-0.25, -0.2) is 0 Å². The van der Waals surface area contributed by atoms with Crippen LogP contribution in [0.1, 0.15) is 134 Å². The number of phosphoric ester groups is 3. The topological polar surface area (TPSA) is 229 Å². The average Bonchev–Trinajstić information content (AvgIpc) is 2.98. The van der Waals surface area contributed by atoms with E-state index in [2.05, 4.69) is 34.3 Å². The molecule has 0 aromatic rings. The van der Waals surface area contributed by atoms with Gasteiger partial charge in [0.1, 0.15) is 6.10 Å². The van der Waals surface area contributed by atoms with Crippen LogP contribution in [0.5, 0.6) is 0 Å². The van der Waals surface area contributed by atoms with E-state index in [1.54, 1.807) is 27.7 Å². The zero-order valence-corrected chi connectivity index (χ0v) is 37.1. The maximum Gasteiger partial charge on any atom is 0.268 e. The molecule has 0 aromatic heterocycles. The molecule has 0 rings (SSSR count). The Morgan fingerprint density at radius 2 is 0.811 bits per heavy atom. The number of rotatable bonds is 31. The van der Waals surface area contributed by atoms with Gasteiger partial charge in [-0.1, -0.05) is 45.1 Å². The van der Waals surface area contributed by atoms with Crippen molar-refractivity contribution in [2.45, 2.75) is 177 Å². The summed E-state index contributed by atoms with van der Waals surface area (Å²) in [5.74, 6) is 0. The van der Waals surface area contributed by atoms with Crippen molar-refractivity contribution in [2.24, 2.45) is 5.73 Å². The summed E-state index contributed by atoms with van der Waals surface area (Å²) in [5.41, 5.74) is 5.36. The third-order valence-electron chi connectivity index (χ3n) is 5.87. The van der Waals surface area contributed by atoms with E-state index < -0.39 is 35.7 Å². The second-order valence-corrected chi connectivity index (χ2v) is 17.6. The first-order valence-electron chi connectivity index (χ1n) is 18.8. The zero-order chi connectivity index (χ0) is 41.5. The Balaban J connectivity index is -0.000000718. The predicted octanol–water partition coefficient (Wildman–Crippen LogP) is 6.62. The molecule has 0 spiro atoms. The van der Waals surface area contributed by atoms with Crippen molar-refractivity contribution in [3.8, 4) is 0 Å². The molecule has 0 aromatic carbocycles. The molecule has 0 fully saturated rings. The molecule has 16 nitrogen and oxygen atoms in total. The SMILES string of the molecule is CC(C)OCCCCCCCCCOP(=O)([O-])OC(C)C.CC(C)OCCCCOP(=O)([O-])OC(C)C.[CH2-]C(C)OP(=O)([O-])OC(CN)COC(C)C. The Labute approximate surface area is 321 Å². The first kappa shape index (κ1) is 57.5. The molecule has 2 N–H and O–H groups in total. The lowest BCUT2D eigenvalue weighted by Crippen LogP contribution is -2.31. The molecule has 324 valence electrons. The number of phosphoric acid groups is 3. The number of ether oxygens (including phenoxy) is 3. The van der Waals surface area contributed by atoms with Gasteiger partial charge >= 0.3 is 0 Å². The third-order valence-corrected chi connectivity index (χ3v) is 9.41. The zero-order valence-electron chi connectivity index (χ0n) is 34.4. The second kappa shape index (κ2) is 34.2. The fourth-order valence-electron chi connectivity index (χ4n) is 3.73. The van der Waals surface area contributed by atoms with Crippen LogP contribution in [0, 0.1) is 6.92 Å². The highest BCUT2D eigenvalue weighted by atomic mass is 31.2. The molecule has 53 heavy (non-hydrogen) atoms. The molecule has 0 amide bonds. The number of hydrogen-bond acceptors (Lipinski definition) is 16. The van der Waals surface area contributed by atoms with E-state index in [0.29, 0.717) is 19.1 Å². The van der Waals surface area contributed by atoms with Crippen LogP contribution in [-0.2, 0) is 55.0 Å². The van der Waals surface area contributed by atoms with Gasteiger partial charge in [-0.3, -0.25) is 13.7 Å². The summed E-state index contributed by atoms with van der Waals surface area (Å²) in [6.07, 6.45) is 7.30. The number of hydrogen-bond donors (Lipinski definition) is 1. The van der Waals surface area contributed by atoms with Crippen LogP contribution in [0.2, 0.25) is 0 Å². The minimum absolute atomic E-state index is 0.0172. The summed E-state index contributed by atoms with van der Waals surface area (Å²) >= 11 is 0. The van der Waals surface area contributed by atoms with E-state index in [0.717, 1.165) is 38.7 Å². The Hall–Kier alpha value is 0.170. The molecule has 0 heterocycles. The van der Waals surface area contributed by atoms with Crippen molar-refractivity contribution in [3.05, 3.63) is 6.92 Å². The lowest BCUT2D eigenvalue weighted by Gasteiger charge is -2.31. The van der Waals surface area contributed by atoms with Gasteiger partial charge in [-0.15, -0.1) is 0 Å². The Kier molecular flexibility index (Phi) is 37.1. The van der Waals surface area contributed by atoms with Crippen LogP contribution in [0.15, 0.2) is 0 Å². The summed E-state index contributed by atoms with van der Waals surface area (Å²) in [6.45, 7) is 25.2. The maximum absolute atomic E-state index is 11.3. The highest BCUT2D eigenvalue weighted by Crippen LogP contribution is 2.41. The van der Waals surface area contributed by atoms with Crippen molar-refractivity contribution in [1.29, 1.82) is 0 Å². The molecule has 0 bridgehead atoms. The van der Waals surface area contributed by atoms with Crippen LogP contribution in [0.4, 0.5) is 0 Å². The van der Waals surface area contributed by atoms with E-state index >= 15 is 0 Å². The average molecular weight is 830 g/mol. The quantitative estimate of drug-likeness (QED) is 0.0440. The van der Waals surface area contributed by atoms with Crippen molar-refractivity contribution < 1.29 is 69.7 Å². The van der Waals surface area contributed by atoms with Crippen molar-refractivity contribution in [1.82, 2.24) is 0 Å². The van der Waals surface area contributed by atoms with Crippen LogP contribution >= 0.6 is 23.5 Å². The standard InChI is InChI=1S/C15H33O5P.C10H23O5P.C9H21NO5P/c1-14(2)18-12-10-8-6-5-7-9-11-13-19-21(16,17)20-15(3)4;1-9(2)13-7-5-6-8-14-16(11,12)15-10(3)4;1-7(2)13-6-9(5-10)15-16(11,12)14-8(3)4/h14-15H,5-13H2,1-4H3,(H,16,17);9-10H,5-8H2,1-4H3,(H,11,12);7-9H,3,5-6,10H2,1-2,4H3,(H,11,12)/q;;-1/p-3. The van der Waals surface area contributed by atoms with Crippen LogP contribution in [0.3, 0.4) is 0 Å². The van der Waals surface area contributed by atoms with Gasteiger partial charge in [0, 0.05) is 19.8 Å². The first-order chi connectivity index (χ1) is 24.4. The fraction of sp³-hybridized carbons (Fsp3) is 0.971. The Morgan fingerprint density at radius 1 is 0.472 bits per heavy atom. The molecular formula is C34H74NO15P3-4. The highest BCUT2D eigenvalue weighted by Gasteiger charge is 2.18. The third kappa shape index (κ3) is 48.2. The lowest BCUT2D eigenvalue weighted by molar-refractivity contribution is -0.233. The molecule has 0 aliphatic rings. The molecule has 0 aliphatic heterocycles. The van der Waals surface area contributed by atoms with E-state index in [4.69, 9.17) is 33.5 Å². The summed E-state index contributed by atoms with van der Waals surface area (Å²) in [5, 5.41) is 0. The summed E-state index contributed by atoms with van der Waals surface area (Å²) in [4.78, 5) is 33.7. The summed E-state index contributed by atoms with van der Waals surface area (Å²) < 4.78 is 77.8. The molecule has 19 heteroatoms. The summed E-state index contributed by atoms with van der Waals surface area (Å²) in [7, 11) is -12.6. The smallest absolute Gasteiger partial charge is 0.268 e. The van der Waals surface area contributed by atoms with Crippen molar-refractivity contribution in [2.75, 3.05) is 39.6 Å². The molecular weight excluding hydrogens is 755 g/mol. The first-order valence-corrected chi connectivity index (χ1v) is 23.1. The fourth-order valence-corrected chi connectivity index (χ4v) is 6.59. The van der Waals surface area contributed by atoms with Gasteiger partial charge in [0.05, 0.1) is 50.3 Å². The molecule has 5 unspecified atom stereocenters. The van der Waals surface area contributed by atoms with Gasteiger partial charge in [-0.2, -0.15) is 0 Å². The van der Waals surface area contributed by atoms with Crippen LogP contribution in [0.25, 0.3) is 0 Å². The highest BCUT2D eigenvalue weighted by molar-refractivity contribution is 7.46. The van der Waals surface area contributed by atoms with E-state index in [-0.39, 0.29) is 50.8 Å². The molecule has 5 atom stereocenters. The van der Waals surface area contributed by atoms with E-state index in [1.807, 2.05) is 27.7 Å². The Bertz CT molecular complexity index is 972. The molecule has 0 aliphatic carbocycles. The van der Waals surface area contributed by atoms with Gasteiger partial charge in [0.15, 0.2) is 0 Å². The monoisotopic (exact) mass is 829 g/mol. The Morgan fingerprint density at radius 3 is 1.15 bits per heavy atom. The minimum atomic E-state index is -4.35. The minimum Gasteiger partial charge on any atom is -0.756 e. The van der Waals surface area contributed by atoms with E-state index in [1.165, 1.54) is 26.2 Å². The maximum atomic E-state index is 11.3. The van der Waals surface area contributed by atoms with E-state index in [9.17, 15) is 28.4 Å². The normalized spacial score (nSPS) is 16.5. The van der Waals surface area contributed by atoms with Crippen LogP contribution in [-0.4, -0.2) is 82.3 Å². The molecule has 0 radical (unpaired) electrons. The lowest BCUT2D eigenvalue weighted by atomic mass is 10.1. The molecule has 0 saturated carbocycles. The largest absolute Gasteiger partial charge is 0.756 e. The predicted molar refractivity (Wildman–Crippen MR) is 202 cm³/mol. The van der Waals surface area contributed by atoms with Gasteiger partial charge in [0.2, 0.25) is 0 Å². The number of unbranched alkanes of at least 4 members (excludes halogenated alkanes) is 7. The second-order valence-electron chi connectivity index (χ2n) is 13.6. The molecule has 0 saturated heterocycles. The van der Waals surface area contributed by atoms with Crippen molar-refractivity contribution >= 4 is 23.5 Å². The van der Waals surface area contributed by atoms with Gasteiger partial charge in [-0.05, 0) is 94.9 Å². The van der Waals surface area contributed by atoms with Crippen LogP contribution < -0.4 is 20.4 Å². The van der Waals surface area contributed by atoms with Crippen molar-refractivity contribution in [3.63, 3.8) is 0 Å². The van der Waals surface area contributed by atoms with Gasteiger partial charge in [0.25, 0.3) is 23.5 Å². The number of nitrogens with two attached hydrogens (primary N) is 1. The van der Waals surface area contributed by atoms with Gasteiger partial charge < -0.3 is 68.7 Å². The summed E-state index contributed by atoms with van der Waals surface area (Å²) in [6, 6.07) is 0.